The standard InChI is InChI=1S/C3H3ClN2O/c4-3-2(7)1-5-6-3/h1,7H,(H,5,6). The summed E-state index contributed by atoms with van der Waals surface area (Å²) in [5.74, 6) is -0.0123. The second-order valence-electron chi connectivity index (χ2n) is 1.06. The van der Waals surface area contributed by atoms with Gasteiger partial charge in [0.1, 0.15) is 0 Å². The summed E-state index contributed by atoms with van der Waals surface area (Å²) in [6.45, 7) is 0. The monoisotopic (exact) mass is 118 g/mol. The van der Waals surface area contributed by atoms with Gasteiger partial charge in [-0.2, -0.15) is 5.10 Å². The summed E-state index contributed by atoms with van der Waals surface area (Å²) in [6.07, 6.45) is 1.31. The van der Waals surface area contributed by atoms with Crippen molar-refractivity contribution < 1.29 is 5.11 Å². The lowest BCUT2D eigenvalue weighted by atomic mass is 10.7. The zero-order valence-electron chi connectivity index (χ0n) is 3.35. The van der Waals surface area contributed by atoms with Crippen LogP contribution in [0.4, 0.5) is 0 Å². The van der Waals surface area contributed by atoms with Gasteiger partial charge in [-0.1, -0.05) is 11.6 Å². The van der Waals surface area contributed by atoms with E-state index < -0.39 is 0 Å². The third-order valence-corrected chi connectivity index (χ3v) is 0.853. The molecule has 0 saturated carbocycles. The van der Waals surface area contributed by atoms with Gasteiger partial charge in [-0.3, -0.25) is 5.10 Å². The Morgan fingerprint density at radius 3 is 2.71 bits per heavy atom. The number of H-pyrrole nitrogens is 1. The molecule has 38 valence electrons. The van der Waals surface area contributed by atoms with Crippen LogP contribution in [0.25, 0.3) is 0 Å². The minimum Gasteiger partial charge on any atom is -0.504 e. The molecule has 0 aliphatic carbocycles. The molecule has 3 nitrogen and oxygen atoms in total. The molecule has 0 unspecified atom stereocenters. The molecule has 0 amide bonds. The van der Waals surface area contributed by atoms with Crippen LogP contribution in [0.15, 0.2) is 6.20 Å². The van der Waals surface area contributed by atoms with Gasteiger partial charge in [0.25, 0.3) is 0 Å². The second kappa shape index (κ2) is 1.42. The predicted molar refractivity (Wildman–Crippen MR) is 25.3 cm³/mol. The van der Waals surface area contributed by atoms with Crippen LogP contribution in [-0.2, 0) is 0 Å². The van der Waals surface area contributed by atoms with Crippen LogP contribution in [0.3, 0.4) is 0 Å². The molecule has 0 aliphatic heterocycles. The highest BCUT2D eigenvalue weighted by Gasteiger charge is 1.94. The molecule has 0 aliphatic rings. The highest BCUT2D eigenvalue weighted by atomic mass is 35.5. The maximum absolute atomic E-state index is 8.53. The van der Waals surface area contributed by atoms with Crippen LogP contribution < -0.4 is 0 Å². The van der Waals surface area contributed by atoms with Crippen molar-refractivity contribution in [3.63, 3.8) is 0 Å². The van der Waals surface area contributed by atoms with Gasteiger partial charge in [0, 0.05) is 0 Å². The third kappa shape index (κ3) is 0.667. The molecule has 2 N–H and O–H groups in total. The van der Waals surface area contributed by atoms with Gasteiger partial charge < -0.3 is 5.11 Å². The Morgan fingerprint density at radius 2 is 2.57 bits per heavy atom. The highest BCUT2D eigenvalue weighted by molar-refractivity contribution is 6.30. The molecule has 1 aromatic heterocycles. The summed E-state index contributed by atoms with van der Waals surface area (Å²) < 4.78 is 0. The van der Waals surface area contributed by atoms with Crippen molar-refractivity contribution in [3.05, 3.63) is 11.3 Å². The summed E-state index contributed by atoms with van der Waals surface area (Å²) >= 11 is 5.23. The lowest BCUT2D eigenvalue weighted by Crippen LogP contribution is -1.59. The van der Waals surface area contributed by atoms with Gasteiger partial charge in [0.15, 0.2) is 10.9 Å². The molecular weight excluding hydrogens is 115 g/mol. The average molecular weight is 119 g/mol. The Hall–Kier alpha value is -0.700. The number of hydrogen-bond donors (Lipinski definition) is 2. The zero-order valence-corrected chi connectivity index (χ0v) is 4.11. The van der Waals surface area contributed by atoms with E-state index in [-0.39, 0.29) is 10.9 Å². The van der Waals surface area contributed by atoms with E-state index in [1.807, 2.05) is 0 Å². The first-order chi connectivity index (χ1) is 3.30. The summed E-state index contributed by atoms with van der Waals surface area (Å²) in [4.78, 5) is 0. The van der Waals surface area contributed by atoms with Crippen LogP contribution in [0.1, 0.15) is 0 Å². The Bertz CT molecular complexity index is 145. The van der Waals surface area contributed by atoms with Crippen molar-refractivity contribution in [1.29, 1.82) is 0 Å². The molecule has 0 bridgehead atoms. The van der Waals surface area contributed by atoms with Gasteiger partial charge in [-0.15, -0.1) is 0 Å². The number of aromatic nitrogens is 2. The van der Waals surface area contributed by atoms with Gasteiger partial charge in [0.05, 0.1) is 6.20 Å². The Kier molecular flexibility index (Phi) is 0.906. The number of nitrogens with zero attached hydrogens (tertiary/aromatic N) is 1. The van der Waals surface area contributed by atoms with E-state index in [1.165, 1.54) is 6.20 Å². The minimum absolute atomic E-state index is 0.0123. The van der Waals surface area contributed by atoms with Gasteiger partial charge in [-0.25, -0.2) is 0 Å². The number of nitrogens with one attached hydrogen (secondary N) is 1. The second-order valence-corrected chi connectivity index (χ2v) is 1.42. The van der Waals surface area contributed by atoms with Crippen LogP contribution >= 0.6 is 11.6 Å². The Morgan fingerprint density at radius 1 is 1.86 bits per heavy atom. The molecule has 0 fully saturated rings. The molecule has 0 saturated heterocycles. The van der Waals surface area contributed by atoms with Gasteiger partial charge >= 0.3 is 0 Å². The van der Waals surface area contributed by atoms with Crippen molar-refractivity contribution in [3.8, 4) is 5.75 Å². The van der Waals surface area contributed by atoms with Crippen LogP contribution in [0, 0.1) is 0 Å². The predicted octanol–water partition coefficient (Wildman–Crippen LogP) is 0.769. The molecule has 0 aromatic carbocycles. The first-order valence-corrected chi connectivity index (χ1v) is 2.07. The van der Waals surface area contributed by atoms with Gasteiger partial charge in [-0.05, 0) is 0 Å². The van der Waals surface area contributed by atoms with E-state index in [0.717, 1.165) is 0 Å². The fourth-order valence-electron chi connectivity index (χ4n) is 0.267. The number of halogens is 1. The SMILES string of the molecule is Oc1c[nH]nc1Cl. The minimum atomic E-state index is -0.0123. The molecule has 0 spiro atoms. The molecule has 7 heavy (non-hydrogen) atoms. The number of rotatable bonds is 0. The summed E-state index contributed by atoms with van der Waals surface area (Å²) in [5.41, 5.74) is 0. The normalized spacial score (nSPS) is 9.29. The molecule has 1 rings (SSSR count). The Balaban J connectivity index is 3.12. The maximum atomic E-state index is 8.53. The fraction of sp³-hybridized carbons (Fsp3) is 0. The van der Waals surface area contributed by atoms with E-state index >= 15 is 0 Å². The summed E-state index contributed by atoms with van der Waals surface area (Å²) in [5, 5.41) is 14.4. The quantitative estimate of drug-likeness (QED) is 0.529. The summed E-state index contributed by atoms with van der Waals surface area (Å²) in [7, 11) is 0. The first kappa shape index (κ1) is 4.46. The van der Waals surface area contributed by atoms with E-state index in [0.29, 0.717) is 0 Å². The van der Waals surface area contributed by atoms with Crippen molar-refractivity contribution in [1.82, 2.24) is 10.2 Å². The number of aromatic hydroxyl groups is 1. The van der Waals surface area contributed by atoms with Gasteiger partial charge in [0.2, 0.25) is 0 Å². The lowest BCUT2D eigenvalue weighted by Gasteiger charge is -1.74. The van der Waals surface area contributed by atoms with E-state index in [2.05, 4.69) is 10.2 Å². The summed E-state index contributed by atoms with van der Waals surface area (Å²) in [6, 6.07) is 0. The number of aromatic amines is 1. The third-order valence-electron chi connectivity index (χ3n) is 0.575. The fourth-order valence-corrected chi connectivity index (χ4v) is 0.370. The van der Waals surface area contributed by atoms with Crippen molar-refractivity contribution >= 4 is 11.6 Å². The van der Waals surface area contributed by atoms with Crippen LogP contribution in [0.2, 0.25) is 5.15 Å². The molecule has 1 aromatic rings. The molecule has 0 atom stereocenters. The van der Waals surface area contributed by atoms with Crippen molar-refractivity contribution in [2.24, 2.45) is 0 Å². The zero-order chi connectivity index (χ0) is 5.28. The van der Waals surface area contributed by atoms with Crippen LogP contribution in [-0.4, -0.2) is 15.3 Å². The van der Waals surface area contributed by atoms with Crippen molar-refractivity contribution in [2.45, 2.75) is 0 Å². The first-order valence-electron chi connectivity index (χ1n) is 1.69. The molecular formula is C3H3ClN2O. The van der Waals surface area contributed by atoms with E-state index in [4.69, 9.17) is 16.7 Å². The topological polar surface area (TPSA) is 48.9 Å². The largest absolute Gasteiger partial charge is 0.504 e. The highest BCUT2D eigenvalue weighted by Crippen LogP contribution is 2.16. The molecule has 4 heteroatoms. The van der Waals surface area contributed by atoms with E-state index in [9.17, 15) is 0 Å². The van der Waals surface area contributed by atoms with E-state index in [1.54, 1.807) is 0 Å². The van der Waals surface area contributed by atoms with Crippen LogP contribution in [0.5, 0.6) is 5.75 Å². The number of hydrogen-bond acceptors (Lipinski definition) is 2. The Labute approximate surface area is 44.9 Å². The average Bonchev–Trinajstić information content (AvgIpc) is 1.91. The maximum Gasteiger partial charge on any atom is 0.192 e. The molecule has 1 heterocycles. The molecule has 0 radical (unpaired) electrons. The van der Waals surface area contributed by atoms with Crippen molar-refractivity contribution in [2.75, 3.05) is 0 Å². The smallest absolute Gasteiger partial charge is 0.192 e. The lowest BCUT2D eigenvalue weighted by molar-refractivity contribution is 0.476.